The fraction of sp³-hybridized carbons (Fsp3) is 0.722. The molecule has 0 bridgehead atoms. The summed E-state index contributed by atoms with van der Waals surface area (Å²) in [5, 5.41) is 3.58. The van der Waals surface area contributed by atoms with Gasteiger partial charge in [0.2, 0.25) is 0 Å². The van der Waals surface area contributed by atoms with E-state index in [0.717, 1.165) is 25.7 Å². The molecule has 21 heavy (non-hydrogen) atoms. The Labute approximate surface area is 129 Å². The highest BCUT2D eigenvalue weighted by Gasteiger charge is 2.24. The van der Waals surface area contributed by atoms with Gasteiger partial charge in [0.15, 0.2) is 0 Å². The van der Waals surface area contributed by atoms with Crippen LogP contribution >= 0.6 is 0 Å². The van der Waals surface area contributed by atoms with Gasteiger partial charge in [-0.15, -0.1) is 0 Å². The van der Waals surface area contributed by atoms with Crippen molar-refractivity contribution in [2.24, 2.45) is 5.41 Å². The monoisotopic (exact) mass is 287 g/mol. The van der Waals surface area contributed by atoms with Gasteiger partial charge in [0.25, 0.3) is 0 Å². The SMILES string of the molecule is Cc1nc(N2CCCC(C)(C)CC2)ccc1CNC1CC1. The first-order valence-electron chi connectivity index (χ1n) is 8.48. The van der Waals surface area contributed by atoms with Gasteiger partial charge in [-0.3, -0.25) is 0 Å². The Morgan fingerprint density at radius 1 is 1.24 bits per heavy atom. The lowest BCUT2D eigenvalue weighted by molar-refractivity contribution is 0.325. The van der Waals surface area contributed by atoms with Crippen molar-refractivity contribution in [3.8, 4) is 0 Å². The Hall–Kier alpha value is -1.09. The van der Waals surface area contributed by atoms with Gasteiger partial charge in [-0.25, -0.2) is 4.98 Å². The molecule has 0 spiro atoms. The van der Waals surface area contributed by atoms with Gasteiger partial charge in [0.05, 0.1) is 0 Å². The van der Waals surface area contributed by atoms with Crippen LogP contribution in [0, 0.1) is 12.3 Å². The first-order valence-corrected chi connectivity index (χ1v) is 8.48. The molecule has 2 aliphatic rings. The third-order valence-electron chi connectivity index (χ3n) is 5.00. The minimum atomic E-state index is 0.484. The molecule has 2 fully saturated rings. The van der Waals surface area contributed by atoms with Crippen LogP contribution in [0.3, 0.4) is 0 Å². The number of hydrogen-bond donors (Lipinski definition) is 1. The van der Waals surface area contributed by atoms with Crippen LogP contribution in [0.15, 0.2) is 12.1 Å². The van der Waals surface area contributed by atoms with E-state index in [1.807, 2.05) is 0 Å². The molecular weight excluding hydrogens is 258 g/mol. The molecule has 1 saturated carbocycles. The van der Waals surface area contributed by atoms with Crippen LogP contribution in [0.25, 0.3) is 0 Å². The zero-order valence-electron chi connectivity index (χ0n) is 13.8. The lowest BCUT2D eigenvalue weighted by Gasteiger charge is -2.24. The lowest BCUT2D eigenvalue weighted by Crippen LogP contribution is -2.26. The van der Waals surface area contributed by atoms with Gasteiger partial charge >= 0.3 is 0 Å². The highest BCUT2D eigenvalue weighted by molar-refractivity contribution is 5.42. The number of hydrogen-bond acceptors (Lipinski definition) is 3. The molecule has 3 rings (SSSR count). The standard InChI is InChI=1S/C18H29N3/c1-14-15(13-19-16-6-7-16)5-8-17(20-14)21-11-4-9-18(2,3)10-12-21/h5,8,16,19H,4,6-7,9-13H2,1-3H3. The predicted octanol–water partition coefficient (Wildman–Crippen LogP) is 3.66. The maximum Gasteiger partial charge on any atom is 0.128 e. The normalized spacial score (nSPS) is 22.1. The summed E-state index contributed by atoms with van der Waals surface area (Å²) in [6.07, 6.45) is 6.55. The summed E-state index contributed by atoms with van der Waals surface area (Å²) >= 11 is 0. The molecule has 116 valence electrons. The fourth-order valence-electron chi connectivity index (χ4n) is 3.13. The number of nitrogens with one attached hydrogen (secondary N) is 1. The smallest absolute Gasteiger partial charge is 0.128 e. The van der Waals surface area contributed by atoms with Crippen molar-refractivity contribution in [1.29, 1.82) is 0 Å². The summed E-state index contributed by atoms with van der Waals surface area (Å²) in [6, 6.07) is 5.25. The third kappa shape index (κ3) is 3.97. The maximum absolute atomic E-state index is 4.87. The molecule has 1 N–H and O–H groups in total. The van der Waals surface area contributed by atoms with E-state index >= 15 is 0 Å². The second-order valence-electron chi connectivity index (χ2n) is 7.57. The van der Waals surface area contributed by atoms with Crippen LogP contribution in [0.1, 0.15) is 57.2 Å². The van der Waals surface area contributed by atoms with Crippen molar-refractivity contribution >= 4 is 5.82 Å². The molecule has 3 heteroatoms. The second kappa shape index (κ2) is 5.96. The summed E-state index contributed by atoms with van der Waals surface area (Å²) in [6.45, 7) is 10.2. The third-order valence-corrected chi connectivity index (χ3v) is 5.00. The first-order chi connectivity index (χ1) is 10.0. The van der Waals surface area contributed by atoms with Crippen LogP contribution in [0.2, 0.25) is 0 Å². The second-order valence-corrected chi connectivity index (χ2v) is 7.57. The Bertz CT molecular complexity index is 491. The predicted molar refractivity (Wildman–Crippen MR) is 88.7 cm³/mol. The topological polar surface area (TPSA) is 28.2 Å². The van der Waals surface area contributed by atoms with Gasteiger partial charge in [0, 0.05) is 31.4 Å². The van der Waals surface area contributed by atoms with Crippen molar-refractivity contribution in [2.75, 3.05) is 18.0 Å². The van der Waals surface area contributed by atoms with Gasteiger partial charge in [0.1, 0.15) is 5.82 Å². The maximum atomic E-state index is 4.87. The molecule has 0 atom stereocenters. The summed E-state index contributed by atoms with van der Waals surface area (Å²) < 4.78 is 0. The lowest BCUT2D eigenvalue weighted by atomic mass is 9.85. The Morgan fingerprint density at radius 2 is 2.05 bits per heavy atom. The van der Waals surface area contributed by atoms with Gasteiger partial charge in [-0.2, -0.15) is 0 Å². The molecule has 1 aliphatic heterocycles. The molecule has 0 unspecified atom stereocenters. The molecule has 1 aliphatic carbocycles. The van der Waals surface area contributed by atoms with Crippen molar-refractivity contribution < 1.29 is 0 Å². The highest BCUT2D eigenvalue weighted by Crippen LogP contribution is 2.31. The molecule has 0 amide bonds. The Balaban J connectivity index is 1.65. The van der Waals surface area contributed by atoms with E-state index < -0.39 is 0 Å². The number of nitrogens with zero attached hydrogens (tertiary/aromatic N) is 2. The zero-order valence-corrected chi connectivity index (χ0v) is 13.8. The number of aryl methyl sites for hydroxylation is 1. The molecule has 1 aromatic heterocycles. The largest absolute Gasteiger partial charge is 0.357 e. The van der Waals surface area contributed by atoms with E-state index in [0.29, 0.717) is 5.41 Å². The molecule has 1 saturated heterocycles. The van der Waals surface area contributed by atoms with E-state index in [1.165, 1.54) is 49.2 Å². The van der Waals surface area contributed by atoms with Crippen molar-refractivity contribution in [1.82, 2.24) is 10.3 Å². The Kier molecular flexibility index (Phi) is 4.21. The van der Waals surface area contributed by atoms with Crippen LogP contribution in [0.4, 0.5) is 5.82 Å². The minimum Gasteiger partial charge on any atom is -0.357 e. The summed E-state index contributed by atoms with van der Waals surface area (Å²) in [5.74, 6) is 1.17. The van der Waals surface area contributed by atoms with Crippen molar-refractivity contribution in [3.63, 3.8) is 0 Å². The summed E-state index contributed by atoms with van der Waals surface area (Å²) in [7, 11) is 0. The first kappa shape index (κ1) is 14.8. The average molecular weight is 287 g/mol. The van der Waals surface area contributed by atoms with E-state index in [-0.39, 0.29) is 0 Å². The highest BCUT2D eigenvalue weighted by atomic mass is 15.2. The van der Waals surface area contributed by atoms with E-state index in [4.69, 9.17) is 4.98 Å². The Morgan fingerprint density at radius 3 is 2.76 bits per heavy atom. The van der Waals surface area contributed by atoms with Crippen molar-refractivity contribution in [2.45, 2.75) is 65.5 Å². The van der Waals surface area contributed by atoms with Gasteiger partial charge < -0.3 is 10.2 Å². The van der Waals surface area contributed by atoms with Crippen LogP contribution < -0.4 is 10.2 Å². The molecule has 1 aromatic rings. The molecule has 0 aromatic carbocycles. The van der Waals surface area contributed by atoms with Gasteiger partial charge in [-0.05, 0) is 56.1 Å². The quantitative estimate of drug-likeness (QED) is 0.916. The minimum absolute atomic E-state index is 0.484. The number of anilines is 1. The summed E-state index contributed by atoms with van der Waals surface area (Å²) in [5.41, 5.74) is 3.02. The van der Waals surface area contributed by atoms with E-state index in [1.54, 1.807) is 0 Å². The van der Waals surface area contributed by atoms with E-state index in [2.05, 4.69) is 43.1 Å². The van der Waals surface area contributed by atoms with Crippen LogP contribution in [0.5, 0.6) is 0 Å². The fourth-order valence-corrected chi connectivity index (χ4v) is 3.13. The number of rotatable bonds is 4. The van der Waals surface area contributed by atoms with Crippen LogP contribution in [-0.4, -0.2) is 24.1 Å². The van der Waals surface area contributed by atoms with Crippen LogP contribution in [-0.2, 0) is 6.54 Å². The number of pyridine rings is 1. The summed E-state index contributed by atoms with van der Waals surface area (Å²) in [4.78, 5) is 7.34. The molecule has 0 radical (unpaired) electrons. The van der Waals surface area contributed by atoms with Crippen molar-refractivity contribution in [3.05, 3.63) is 23.4 Å². The molecule has 2 heterocycles. The zero-order chi connectivity index (χ0) is 14.9. The average Bonchev–Trinajstić information content (AvgIpc) is 3.25. The van der Waals surface area contributed by atoms with E-state index in [9.17, 15) is 0 Å². The molecule has 3 nitrogen and oxygen atoms in total. The molecular formula is C18H29N3. The number of aromatic nitrogens is 1. The van der Waals surface area contributed by atoms with Gasteiger partial charge in [-0.1, -0.05) is 19.9 Å².